The van der Waals surface area contributed by atoms with Gasteiger partial charge < -0.3 is 10.2 Å². The van der Waals surface area contributed by atoms with Crippen LogP contribution < -0.4 is 5.32 Å². The van der Waals surface area contributed by atoms with Crippen LogP contribution in [-0.4, -0.2) is 37.0 Å². The topological polar surface area (TPSA) is 32.3 Å². The predicted molar refractivity (Wildman–Crippen MR) is 74.6 cm³/mol. The predicted octanol–water partition coefficient (Wildman–Crippen LogP) is 2.72. The summed E-state index contributed by atoms with van der Waals surface area (Å²) in [5.41, 5.74) is 0. The molecule has 3 nitrogen and oxygen atoms in total. The molecule has 1 N–H and O–H groups in total. The van der Waals surface area contributed by atoms with Crippen molar-refractivity contribution in [1.29, 1.82) is 0 Å². The van der Waals surface area contributed by atoms with E-state index in [0.717, 1.165) is 22.4 Å². The second-order valence-electron chi connectivity index (χ2n) is 4.43. The van der Waals surface area contributed by atoms with Crippen molar-refractivity contribution < 1.29 is 4.79 Å². The van der Waals surface area contributed by atoms with Gasteiger partial charge in [0.2, 0.25) is 0 Å². The lowest BCUT2D eigenvalue weighted by Crippen LogP contribution is -2.44. The number of amides is 1. The molecular formula is C12H17BrN2OS. The van der Waals surface area contributed by atoms with Gasteiger partial charge in [0, 0.05) is 24.1 Å². The fourth-order valence-corrected chi connectivity index (χ4v) is 3.65. The number of thiophene rings is 1. The van der Waals surface area contributed by atoms with Crippen molar-refractivity contribution in [2.75, 3.05) is 20.1 Å². The Labute approximate surface area is 114 Å². The van der Waals surface area contributed by atoms with Crippen LogP contribution in [0.5, 0.6) is 0 Å². The smallest absolute Gasteiger partial charge is 0.264 e. The molecule has 1 amide bonds. The number of nitrogens with zero attached hydrogens (tertiary/aromatic N) is 1. The van der Waals surface area contributed by atoms with Gasteiger partial charge in [0.05, 0.1) is 0 Å². The summed E-state index contributed by atoms with van der Waals surface area (Å²) in [6.07, 6.45) is 3.69. The second kappa shape index (κ2) is 5.98. The standard InChI is InChI=1S/C12H17BrN2OS/c1-15(8-9-4-2-3-6-14-9)12(16)11-10(13)5-7-17-11/h5,7,9,14H,2-4,6,8H2,1H3. The first-order chi connectivity index (χ1) is 8.18. The van der Waals surface area contributed by atoms with Crippen LogP contribution >= 0.6 is 27.3 Å². The molecule has 1 unspecified atom stereocenters. The SMILES string of the molecule is CN(CC1CCCCN1)C(=O)c1sccc1Br. The molecule has 94 valence electrons. The molecule has 5 heteroatoms. The summed E-state index contributed by atoms with van der Waals surface area (Å²) in [4.78, 5) is 14.8. The van der Waals surface area contributed by atoms with Gasteiger partial charge in [-0.15, -0.1) is 11.3 Å². The summed E-state index contributed by atoms with van der Waals surface area (Å²) in [6.45, 7) is 1.87. The minimum atomic E-state index is 0.110. The highest BCUT2D eigenvalue weighted by Crippen LogP contribution is 2.24. The number of likely N-dealkylation sites (N-methyl/N-ethyl adjacent to an activating group) is 1. The Kier molecular flexibility index (Phi) is 4.59. The monoisotopic (exact) mass is 316 g/mol. The summed E-state index contributed by atoms with van der Waals surface area (Å²) in [5, 5.41) is 5.40. The molecule has 0 aliphatic carbocycles. The van der Waals surface area contributed by atoms with E-state index in [2.05, 4.69) is 21.2 Å². The molecule has 0 aromatic carbocycles. The molecule has 0 bridgehead atoms. The number of carbonyl (C=O) groups excluding carboxylic acids is 1. The van der Waals surface area contributed by atoms with E-state index in [0.29, 0.717) is 6.04 Å². The lowest BCUT2D eigenvalue weighted by molar-refractivity contribution is 0.0779. The number of carbonyl (C=O) groups is 1. The molecule has 1 aromatic rings. The van der Waals surface area contributed by atoms with Crippen LogP contribution in [0.4, 0.5) is 0 Å². The van der Waals surface area contributed by atoms with Crippen LogP contribution in [0.15, 0.2) is 15.9 Å². The lowest BCUT2D eigenvalue weighted by Gasteiger charge is -2.28. The molecule has 0 saturated carbocycles. The summed E-state index contributed by atoms with van der Waals surface area (Å²) in [6, 6.07) is 2.38. The molecule has 2 rings (SSSR count). The van der Waals surface area contributed by atoms with Gasteiger partial charge >= 0.3 is 0 Å². The highest BCUT2D eigenvalue weighted by molar-refractivity contribution is 9.10. The van der Waals surface area contributed by atoms with Gasteiger partial charge in [0.1, 0.15) is 4.88 Å². The largest absolute Gasteiger partial charge is 0.339 e. The Hall–Kier alpha value is -0.390. The van der Waals surface area contributed by atoms with Crippen molar-refractivity contribution in [3.05, 3.63) is 20.8 Å². The molecule has 1 aliphatic heterocycles. The second-order valence-corrected chi connectivity index (χ2v) is 6.20. The number of rotatable bonds is 3. The zero-order chi connectivity index (χ0) is 12.3. The lowest BCUT2D eigenvalue weighted by atomic mass is 10.0. The number of hydrogen-bond donors (Lipinski definition) is 1. The average Bonchev–Trinajstić information content (AvgIpc) is 2.76. The van der Waals surface area contributed by atoms with E-state index in [9.17, 15) is 4.79 Å². The van der Waals surface area contributed by atoms with Crippen LogP contribution in [0.2, 0.25) is 0 Å². The van der Waals surface area contributed by atoms with Crippen molar-refractivity contribution >= 4 is 33.2 Å². The summed E-state index contributed by atoms with van der Waals surface area (Å²) < 4.78 is 0.899. The van der Waals surface area contributed by atoms with E-state index in [1.807, 2.05) is 23.4 Å². The minimum Gasteiger partial charge on any atom is -0.339 e. The van der Waals surface area contributed by atoms with Gasteiger partial charge in [0.25, 0.3) is 5.91 Å². The minimum absolute atomic E-state index is 0.110. The number of hydrogen-bond acceptors (Lipinski definition) is 3. The van der Waals surface area contributed by atoms with Crippen molar-refractivity contribution in [3.63, 3.8) is 0 Å². The number of piperidine rings is 1. The third-order valence-corrected chi connectivity index (χ3v) is 4.89. The molecule has 1 saturated heterocycles. The van der Waals surface area contributed by atoms with Crippen LogP contribution in [0.25, 0.3) is 0 Å². The van der Waals surface area contributed by atoms with Crippen molar-refractivity contribution in [3.8, 4) is 0 Å². The normalized spacial score (nSPS) is 20.2. The van der Waals surface area contributed by atoms with E-state index >= 15 is 0 Å². The fourth-order valence-electron chi connectivity index (χ4n) is 2.11. The molecular weight excluding hydrogens is 300 g/mol. The molecule has 1 aliphatic rings. The average molecular weight is 317 g/mol. The maximum Gasteiger partial charge on any atom is 0.264 e. The van der Waals surface area contributed by atoms with Crippen molar-refractivity contribution in [2.24, 2.45) is 0 Å². The Balaban J connectivity index is 1.93. The van der Waals surface area contributed by atoms with Gasteiger partial charge in [-0.3, -0.25) is 4.79 Å². The highest BCUT2D eigenvalue weighted by atomic mass is 79.9. The molecule has 1 aromatic heterocycles. The fraction of sp³-hybridized carbons (Fsp3) is 0.583. The molecule has 17 heavy (non-hydrogen) atoms. The van der Waals surface area contributed by atoms with E-state index in [1.54, 1.807) is 0 Å². The van der Waals surface area contributed by atoms with E-state index in [-0.39, 0.29) is 5.91 Å². The Morgan fingerprint density at radius 2 is 2.47 bits per heavy atom. The summed E-state index contributed by atoms with van der Waals surface area (Å²) in [5.74, 6) is 0.110. The zero-order valence-corrected chi connectivity index (χ0v) is 12.3. The Morgan fingerprint density at radius 3 is 3.06 bits per heavy atom. The molecule has 1 fully saturated rings. The van der Waals surface area contributed by atoms with Crippen LogP contribution in [0.1, 0.15) is 28.9 Å². The summed E-state index contributed by atoms with van der Waals surface area (Å²) in [7, 11) is 1.88. The third kappa shape index (κ3) is 3.30. The molecule has 0 spiro atoms. The van der Waals surface area contributed by atoms with Gasteiger partial charge in [-0.2, -0.15) is 0 Å². The first-order valence-electron chi connectivity index (χ1n) is 5.90. The van der Waals surface area contributed by atoms with Crippen LogP contribution in [0, 0.1) is 0 Å². The van der Waals surface area contributed by atoms with Crippen molar-refractivity contribution in [2.45, 2.75) is 25.3 Å². The molecule has 2 heterocycles. The van der Waals surface area contributed by atoms with Crippen LogP contribution in [-0.2, 0) is 0 Å². The maximum absolute atomic E-state index is 12.2. The maximum atomic E-state index is 12.2. The first kappa shape index (κ1) is 13.1. The Bertz CT molecular complexity index is 388. The van der Waals surface area contributed by atoms with Gasteiger partial charge in [-0.05, 0) is 46.8 Å². The van der Waals surface area contributed by atoms with E-state index in [4.69, 9.17) is 0 Å². The van der Waals surface area contributed by atoms with E-state index in [1.165, 1.54) is 30.6 Å². The first-order valence-corrected chi connectivity index (χ1v) is 7.57. The van der Waals surface area contributed by atoms with Crippen LogP contribution in [0.3, 0.4) is 0 Å². The molecule has 1 atom stereocenters. The van der Waals surface area contributed by atoms with Gasteiger partial charge in [-0.25, -0.2) is 0 Å². The number of halogens is 1. The van der Waals surface area contributed by atoms with Gasteiger partial charge in [-0.1, -0.05) is 6.42 Å². The molecule has 0 radical (unpaired) electrons. The quantitative estimate of drug-likeness (QED) is 0.930. The summed E-state index contributed by atoms with van der Waals surface area (Å²) >= 11 is 4.90. The van der Waals surface area contributed by atoms with Gasteiger partial charge in [0.15, 0.2) is 0 Å². The van der Waals surface area contributed by atoms with E-state index < -0.39 is 0 Å². The third-order valence-electron chi connectivity index (χ3n) is 3.06. The highest BCUT2D eigenvalue weighted by Gasteiger charge is 2.20. The van der Waals surface area contributed by atoms with Crippen molar-refractivity contribution in [1.82, 2.24) is 10.2 Å². The Morgan fingerprint density at radius 1 is 1.65 bits per heavy atom. The number of nitrogens with one attached hydrogen (secondary N) is 1. The zero-order valence-electron chi connectivity index (χ0n) is 9.91.